The Kier molecular flexibility index (Phi) is 13.6. The lowest BCUT2D eigenvalue weighted by atomic mass is 9.76. The Morgan fingerprint density at radius 1 is 0.603 bits per heavy atom. The van der Waals surface area contributed by atoms with Crippen LogP contribution >= 0.6 is 0 Å². The minimum atomic E-state index is -1.76. The molecule has 7 N–H and O–H groups in total. The molecule has 0 unspecified atom stereocenters. The lowest BCUT2D eigenvalue weighted by Crippen LogP contribution is -2.73. The highest BCUT2D eigenvalue weighted by Gasteiger charge is 2.73. The quantitative estimate of drug-likeness (QED) is 0.180. The van der Waals surface area contributed by atoms with E-state index in [-0.39, 0.29) is 49.9 Å². The number of carbonyl (C=O) groups is 8. The predicted molar refractivity (Wildman–Crippen MR) is 286 cm³/mol. The number of hydrogen-bond acceptors (Lipinski definition) is 12. The Morgan fingerprint density at radius 3 is 1.79 bits per heavy atom. The number of benzene rings is 3. The van der Waals surface area contributed by atoms with Crippen molar-refractivity contribution in [3.63, 3.8) is 0 Å². The molecule has 0 saturated carbocycles. The van der Waals surface area contributed by atoms with Crippen LogP contribution in [0.1, 0.15) is 110 Å². The Morgan fingerprint density at radius 2 is 1.17 bits per heavy atom. The molecule has 3 aromatic rings. The summed E-state index contributed by atoms with van der Waals surface area (Å²) in [4.78, 5) is 128. The van der Waals surface area contributed by atoms with Crippen molar-refractivity contribution >= 4 is 58.6 Å². The van der Waals surface area contributed by atoms with Crippen LogP contribution in [0.3, 0.4) is 0 Å². The first-order chi connectivity index (χ1) is 37.3. The highest BCUT2D eigenvalue weighted by atomic mass is 16.3. The fourth-order valence-electron chi connectivity index (χ4n) is 14.2. The monoisotopic (exact) mass is 1070 g/mol. The Hall–Kier alpha value is -7.06. The molecule has 4 bridgehead atoms. The van der Waals surface area contributed by atoms with Gasteiger partial charge in [-0.2, -0.15) is 0 Å². The van der Waals surface area contributed by atoms with Crippen LogP contribution in [0, 0.1) is 17.8 Å². The van der Waals surface area contributed by atoms with Crippen LogP contribution < -0.4 is 36.4 Å². The largest absolute Gasteiger partial charge is 0.508 e. The van der Waals surface area contributed by atoms with E-state index in [9.17, 15) is 29.4 Å². The average molecular weight is 1070 g/mol. The van der Waals surface area contributed by atoms with Crippen molar-refractivity contribution in [3.05, 3.63) is 89.5 Å². The van der Waals surface area contributed by atoms with Crippen LogP contribution in [-0.2, 0) is 55.9 Å². The van der Waals surface area contributed by atoms with Gasteiger partial charge in [0.05, 0.1) is 11.7 Å². The molecule has 78 heavy (non-hydrogen) atoms. The van der Waals surface area contributed by atoms with Crippen LogP contribution in [0.5, 0.6) is 5.75 Å². The van der Waals surface area contributed by atoms with E-state index < -0.39 is 125 Å². The minimum Gasteiger partial charge on any atom is -0.508 e. The second kappa shape index (κ2) is 20.0. The number of nitrogens with zero attached hydrogens (tertiary/aromatic N) is 5. The van der Waals surface area contributed by atoms with Crippen LogP contribution in [0.25, 0.3) is 0 Å². The van der Waals surface area contributed by atoms with Gasteiger partial charge in [0, 0.05) is 49.2 Å². The molecule has 20 heteroatoms. The highest BCUT2D eigenvalue weighted by molar-refractivity contribution is 6.09. The first-order valence-electron chi connectivity index (χ1n) is 28.1. The molecule has 0 aromatic heterocycles. The summed E-state index contributed by atoms with van der Waals surface area (Å²) in [5, 5.41) is 39.3. The van der Waals surface area contributed by atoms with Gasteiger partial charge < -0.3 is 51.1 Å². The zero-order chi connectivity index (χ0) is 55.3. The second-order valence-electron chi connectivity index (χ2n) is 23.4. The zero-order valence-corrected chi connectivity index (χ0v) is 45.1. The third-order valence-electron chi connectivity index (χ3n) is 18.6. The maximum atomic E-state index is 15.7. The van der Waals surface area contributed by atoms with Crippen LogP contribution in [0.15, 0.2) is 72.8 Å². The number of hydrogen-bond donors (Lipinski definition) is 7. The van der Waals surface area contributed by atoms with Gasteiger partial charge in [-0.05, 0) is 73.3 Å². The molecule has 6 fully saturated rings. The van der Waals surface area contributed by atoms with Gasteiger partial charge in [0.15, 0.2) is 0 Å². The van der Waals surface area contributed by atoms with Crippen LogP contribution in [0.2, 0.25) is 0 Å². The summed E-state index contributed by atoms with van der Waals surface area (Å²) in [7, 11) is 0. The van der Waals surface area contributed by atoms with Gasteiger partial charge in [-0.3, -0.25) is 48.6 Å². The van der Waals surface area contributed by atoms with Crippen LogP contribution in [0.4, 0.5) is 11.4 Å². The van der Waals surface area contributed by atoms with Gasteiger partial charge in [-0.25, -0.2) is 0 Å². The number of rotatable bonds is 7. The maximum Gasteiger partial charge on any atom is 0.252 e. The number of amides is 8. The number of fused-ring (bicyclic) bond motifs is 9. The molecule has 6 saturated heterocycles. The number of para-hydroxylation sites is 2. The standard InChI is InChI=1S/C58H72N10O10/c1-7-31(5)45-50(73)59-38-28-57(35-15-9-11-17-39(35)66-52(75)43(67(51(38)74)56(57)66)27-33-21-23-34(69)24-22-33)68-40-18-12-10-16-36(40)58(78)29-37(60-55(58)68)47(70)63-46(32(6)8-2)54(77)65-26-14-19-41(65)48(71)61-44(30(3)4)53(76)64-25-13-20-42(64)49(72)62-45/h9-12,15-18,21-24,30-32,37-38,41-46,55-56,60,69,78H,7-8,13-14,19-20,25-29H2,1-6H3,(H,59,73)(H,61,71)(H,62,72)(H,63,70)/t31-,32+,37+,38-,41-,42-,43-,44-,45+,46-,55-,56-,57+,58-/m0/s1. The summed E-state index contributed by atoms with van der Waals surface area (Å²) in [6.07, 6.45) is 0.236. The second-order valence-corrected chi connectivity index (χ2v) is 23.4. The summed E-state index contributed by atoms with van der Waals surface area (Å²) in [5.74, 6) is -5.34. The molecule has 0 radical (unpaired) electrons. The van der Waals surface area contributed by atoms with E-state index in [4.69, 9.17) is 0 Å². The third kappa shape index (κ3) is 8.20. The number of aromatic hydroxyl groups is 1. The van der Waals surface area contributed by atoms with Crippen molar-refractivity contribution in [2.75, 3.05) is 22.9 Å². The molecular formula is C58H72N10O10. The summed E-state index contributed by atoms with van der Waals surface area (Å²) in [6, 6.07) is 12.3. The van der Waals surface area contributed by atoms with Crippen molar-refractivity contribution in [2.45, 2.75) is 171 Å². The number of piperidine rings is 1. The average Bonchev–Trinajstić information content (AvgIpc) is 2.33. The molecule has 8 aliphatic rings. The van der Waals surface area contributed by atoms with Crippen molar-refractivity contribution in [1.82, 2.24) is 41.3 Å². The SMILES string of the molecule is CC[C@@H](C)[C@@H]1NC(=O)[C@H]2C[C@]3(O)c4ccccc4N([C@@H]3N2)[C@]23C[C@H](NC(=O)[C@@H]([C@@H](C)CC)NC(=O)[C@@H]4CCCN4C(=O)[C@H](C(C)C)NC(=O)[C@@H]4CCCN4C1=O)C(=O)N1[C@@H](Cc4ccc(O)cc4)C(=O)N(c4ccccc42)[C@@H]13. The van der Waals surface area contributed by atoms with Gasteiger partial charge in [0.1, 0.15) is 71.5 Å². The highest BCUT2D eigenvalue weighted by Crippen LogP contribution is 2.63. The van der Waals surface area contributed by atoms with E-state index >= 15 is 19.2 Å². The van der Waals surface area contributed by atoms with E-state index in [1.165, 1.54) is 21.9 Å². The summed E-state index contributed by atoms with van der Waals surface area (Å²) in [6.45, 7) is 11.5. The minimum absolute atomic E-state index is 0.0259. The molecule has 14 atom stereocenters. The number of phenols is 1. The van der Waals surface area contributed by atoms with Gasteiger partial charge in [-0.15, -0.1) is 0 Å². The van der Waals surface area contributed by atoms with Gasteiger partial charge in [0.2, 0.25) is 41.4 Å². The number of anilines is 2. The number of aliphatic hydroxyl groups is 1. The van der Waals surface area contributed by atoms with Crippen molar-refractivity contribution in [3.8, 4) is 5.75 Å². The number of phenolic OH excluding ortho intramolecular Hbond substituents is 1. The summed E-state index contributed by atoms with van der Waals surface area (Å²) < 4.78 is 0. The summed E-state index contributed by atoms with van der Waals surface area (Å²) in [5.41, 5.74) is -0.289. The van der Waals surface area contributed by atoms with E-state index in [0.717, 1.165) is 0 Å². The van der Waals surface area contributed by atoms with Gasteiger partial charge >= 0.3 is 0 Å². The first kappa shape index (κ1) is 53.0. The number of carbonyl (C=O) groups excluding carboxylic acids is 8. The molecule has 11 rings (SSSR count). The predicted octanol–water partition coefficient (Wildman–Crippen LogP) is 2.20. The first-order valence-corrected chi connectivity index (χ1v) is 28.1. The lowest BCUT2D eigenvalue weighted by Gasteiger charge is -2.54. The summed E-state index contributed by atoms with van der Waals surface area (Å²) >= 11 is 0. The molecule has 8 heterocycles. The van der Waals surface area contributed by atoms with Gasteiger partial charge in [0.25, 0.3) is 5.91 Å². The van der Waals surface area contributed by atoms with Crippen LogP contribution in [-0.4, -0.2) is 146 Å². The molecule has 8 aliphatic heterocycles. The van der Waals surface area contributed by atoms with Crippen molar-refractivity contribution in [2.24, 2.45) is 17.8 Å². The number of nitrogens with one attached hydrogen (secondary N) is 5. The molecule has 414 valence electrons. The Labute approximate surface area is 454 Å². The van der Waals surface area contributed by atoms with E-state index in [1.54, 1.807) is 47.9 Å². The smallest absolute Gasteiger partial charge is 0.252 e. The maximum absolute atomic E-state index is 15.7. The van der Waals surface area contributed by atoms with E-state index in [0.29, 0.717) is 66.6 Å². The van der Waals surface area contributed by atoms with E-state index in [2.05, 4.69) is 26.6 Å². The molecule has 0 aliphatic carbocycles. The molecule has 3 aromatic carbocycles. The zero-order valence-electron chi connectivity index (χ0n) is 45.1. The molecule has 8 amide bonds. The topological polar surface area (TPSA) is 253 Å². The van der Waals surface area contributed by atoms with E-state index in [1.807, 2.05) is 69.0 Å². The molecule has 20 nitrogen and oxygen atoms in total. The van der Waals surface area contributed by atoms with Crippen molar-refractivity contribution in [1.29, 1.82) is 0 Å². The third-order valence-corrected chi connectivity index (χ3v) is 18.6. The Balaban J connectivity index is 1.06. The fraction of sp³-hybridized carbons (Fsp3) is 0.552. The molecule has 1 spiro atoms. The Bertz CT molecular complexity index is 2960. The van der Waals surface area contributed by atoms with Gasteiger partial charge in [-0.1, -0.05) is 103 Å². The van der Waals surface area contributed by atoms with Crippen molar-refractivity contribution < 1.29 is 48.6 Å². The fourth-order valence-corrected chi connectivity index (χ4v) is 14.2. The lowest BCUT2D eigenvalue weighted by molar-refractivity contribution is -0.148. The normalized spacial score (nSPS) is 33.7. The molecular weight excluding hydrogens is 997 g/mol.